The van der Waals surface area contributed by atoms with E-state index in [1.807, 2.05) is 22.9 Å². The van der Waals surface area contributed by atoms with Crippen molar-refractivity contribution in [1.29, 1.82) is 0 Å². The largest absolute Gasteiger partial charge is 0.328 e. The minimum absolute atomic E-state index is 0.185. The fraction of sp³-hybridized carbons (Fsp3) is 0.500. The lowest BCUT2D eigenvalue weighted by atomic mass is 10.1. The average molecular weight is 232 g/mol. The first kappa shape index (κ1) is 12.0. The fourth-order valence-corrected chi connectivity index (χ4v) is 2.26. The molecule has 17 heavy (non-hydrogen) atoms. The summed E-state index contributed by atoms with van der Waals surface area (Å²) in [6.45, 7) is 2.68. The van der Waals surface area contributed by atoms with Crippen molar-refractivity contribution in [1.82, 2.24) is 9.80 Å². The molecule has 3 heteroatoms. The molecule has 1 aromatic rings. The molecule has 0 atom stereocenters. The Morgan fingerprint density at radius 3 is 2.71 bits per heavy atom. The van der Waals surface area contributed by atoms with Gasteiger partial charge in [0, 0.05) is 26.7 Å². The van der Waals surface area contributed by atoms with E-state index >= 15 is 0 Å². The molecule has 0 saturated carbocycles. The number of amides is 2. The first-order valence-corrected chi connectivity index (χ1v) is 6.31. The molecule has 1 aromatic carbocycles. The molecule has 0 N–H and O–H groups in total. The molecule has 0 radical (unpaired) electrons. The molecule has 1 heterocycles. The molecular weight excluding hydrogens is 212 g/mol. The summed E-state index contributed by atoms with van der Waals surface area (Å²) in [5.41, 5.74) is 1.35. The predicted molar refractivity (Wildman–Crippen MR) is 69.0 cm³/mol. The summed E-state index contributed by atoms with van der Waals surface area (Å²) < 4.78 is 0. The molecule has 0 aliphatic carbocycles. The van der Waals surface area contributed by atoms with Gasteiger partial charge in [-0.25, -0.2) is 4.79 Å². The molecular formula is C14H20N2O. The SMILES string of the molecule is CN1CCCN(CCCc2ccccc2)C1=O. The molecule has 2 rings (SSSR count). The molecule has 1 aliphatic heterocycles. The maximum Gasteiger partial charge on any atom is 0.319 e. The fourth-order valence-electron chi connectivity index (χ4n) is 2.26. The van der Waals surface area contributed by atoms with E-state index in [-0.39, 0.29) is 6.03 Å². The number of hydrogen-bond donors (Lipinski definition) is 0. The normalized spacial score (nSPS) is 16.4. The van der Waals surface area contributed by atoms with Crippen molar-refractivity contribution < 1.29 is 4.79 Å². The first-order chi connectivity index (χ1) is 8.27. The second-order valence-electron chi connectivity index (χ2n) is 4.63. The Morgan fingerprint density at radius 1 is 1.18 bits per heavy atom. The maximum atomic E-state index is 11.8. The summed E-state index contributed by atoms with van der Waals surface area (Å²) in [5.74, 6) is 0. The zero-order valence-corrected chi connectivity index (χ0v) is 10.4. The van der Waals surface area contributed by atoms with Gasteiger partial charge in [-0.05, 0) is 24.8 Å². The quantitative estimate of drug-likeness (QED) is 0.782. The van der Waals surface area contributed by atoms with Crippen molar-refractivity contribution in [3.05, 3.63) is 35.9 Å². The predicted octanol–water partition coefficient (Wildman–Crippen LogP) is 2.38. The number of benzene rings is 1. The van der Waals surface area contributed by atoms with E-state index in [4.69, 9.17) is 0 Å². The topological polar surface area (TPSA) is 23.6 Å². The minimum Gasteiger partial charge on any atom is -0.328 e. The van der Waals surface area contributed by atoms with Crippen LogP contribution in [0.4, 0.5) is 4.79 Å². The highest BCUT2D eigenvalue weighted by Gasteiger charge is 2.21. The Balaban J connectivity index is 1.77. The number of rotatable bonds is 4. The Hall–Kier alpha value is -1.51. The third kappa shape index (κ3) is 3.22. The summed E-state index contributed by atoms with van der Waals surface area (Å²) in [6.07, 6.45) is 3.19. The first-order valence-electron chi connectivity index (χ1n) is 6.31. The standard InChI is InChI=1S/C14H20N2O/c1-15-10-6-12-16(14(15)17)11-5-9-13-7-3-2-4-8-13/h2-4,7-8H,5-6,9-12H2,1H3. The van der Waals surface area contributed by atoms with E-state index in [0.29, 0.717) is 0 Å². The van der Waals surface area contributed by atoms with Crippen LogP contribution in [0.25, 0.3) is 0 Å². The highest BCUT2D eigenvalue weighted by molar-refractivity contribution is 5.74. The lowest BCUT2D eigenvalue weighted by molar-refractivity contribution is 0.141. The van der Waals surface area contributed by atoms with Crippen molar-refractivity contribution in [2.24, 2.45) is 0 Å². The second-order valence-corrected chi connectivity index (χ2v) is 4.63. The van der Waals surface area contributed by atoms with Crippen LogP contribution in [0.1, 0.15) is 18.4 Å². The molecule has 2 amide bonds. The van der Waals surface area contributed by atoms with Gasteiger partial charge in [0.15, 0.2) is 0 Å². The Labute approximate surface area is 103 Å². The summed E-state index contributed by atoms with van der Waals surface area (Å²) >= 11 is 0. The Kier molecular flexibility index (Phi) is 4.02. The third-order valence-corrected chi connectivity index (χ3v) is 3.25. The molecule has 0 spiro atoms. The van der Waals surface area contributed by atoms with Gasteiger partial charge >= 0.3 is 6.03 Å². The molecule has 0 bridgehead atoms. The number of aryl methyl sites for hydroxylation is 1. The van der Waals surface area contributed by atoms with Crippen LogP contribution in [0.5, 0.6) is 0 Å². The van der Waals surface area contributed by atoms with E-state index in [1.165, 1.54) is 5.56 Å². The highest BCUT2D eigenvalue weighted by Crippen LogP contribution is 2.09. The highest BCUT2D eigenvalue weighted by atomic mass is 16.2. The van der Waals surface area contributed by atoms with Crippen LogP contribution in [0, 0.1) is 0 Å². The summed E-state index contributed by atoms with van der Waals surface area (Å²) in [5, 5.41) is 0. The van der Waals surface area contributed by atoms with Crippen molar-refractivity contribution in [2.75, 3.05) is 26.7 Å². The van der Waals surface area contributed by atoms with Crippen LogP contribution in [0.2, 0.25) is 0 Å². The number of hydrogen-bond acceptors (Lipinski definition) is 1. The van der Waals surface area contributed by atoms with E-state index in [2.05, 4.69) is 24.3 Å². The number of nitrogens with zero attached hydrogens (tertiary/aromatic N) is 2. The van der Waals surface area contributed by atoms with Crippen LogP contribution in [0.3, 0.4) is 0 Å². The monoisotopic (exact) mass is 232 g/mol. The Bertz CT molecular complexity index is 364. The van der Waals surface area contributed by atoms with E-state index in [1.54, 1.807) is 0 Å². The molecule has 0 aromatic heterocycles. The van der Waals surface area contributed by atoms with Gasteiger partial charge in [-0.15, -0.1) is 0 Å². The lowest BCUT2D eigenvalue weighted by Crippen LogP contribution is -2.47. The summed E-state index contributed by atoms with van der Waals surface area (Å²) in [4.78, 5) is 15.6. The molecule has 1 saturated heterocycles. The van der Waals surface area contributed by atoms with Crippen molar-refractivity contribution in [3.8, 4) is 0 Å². The van der Waals surface area contributed by atoms with Crippen LogP contribution >= 0.6 is 0 Å². The van der Waals surface area contributed by atoms with E-state index in [0.717, 1.165) is 38.9 Å². The third-order valence-electron chi connectivity index (χ3n) is 3.25. The van der Waals surface area contributed by atoms with Gasteiger partial charge in [-0.3, -0.25) is 0 Å². The van der Waals surface area contributed by atoms with Gasteiger partial charge in [0.05, 0.1) is 0 Å². The van der Waals surface area contributed by atoms with Gasteiger partial charge in [0.25, 0.3) is 0 Å². The number of carbonyl (C=O) groups is 1. The Morgan fingerprint density at radius 2 is 1.94 bits per heavy atom. The average Bonchev–Trinajstić information content (AvgIpc) is 2.36. The van der Waals surface area contributed by atoms with Gasteiger partial charge in [-0.1, -0.05) is 30.3 Å². The number of urea groups is 1. The van der Waals surface area contributed by atoms with E-state index in [9.17, 15) is 4.79 Å². The van der Waals surface area contributed by atoms with Crippen molar-refractivity contribution >= 4 is 6.03 Å². The van der Waals surface area contributed by atoms with Gasteiger partial charge < -0.3 is 9.80 Å². The molecule has 92 valence electrons. The maximum absolute atomic E-state index is 11.8. The van der Waals surface area contributed by atoms with Crippen LogP contribution in [-0.4, -0.2) is 42.5 Å². The molecule has 3 nitrogen and oxygen atoms in total. The van der Waals surface area contributed by atoms with Gasteiger partial charge in [0.1, 0.15) is 0 Å². The molecule has 0 unspecified atom stereocenters. The second kappa shape index (κ2) is 5.71. The van der Waals surface area contributed by atoms with Crippen molar-refractivity contribution in [2.45, 2.75) is 19.3 Å². The summed E-state index contributed by atoms with van der Waals surface area (Å²) in [7, 11) is 1.88. The lowest BCUT2D eigenvalue weighted by Gasteiger charge is -2.33. The summed E-state index contributed by atoms with van der Waals surface area (Å²) in [6, 6.07) is 10.6. The van der Waals surface area contributed by atoms with Gasteiger partial charge in [0.2, 0.25) is 0 Å². The number of carbonyl (C=O) groups excluding carboxylic acids is 1. The molecule has 1 fully saturated rings. The smallest absolute Gasteiger partial charge is 0.319 e. The van der Waals surface area contributed by atoms with Gasteiger partial charge in [-0.2, -0.15) is 0 Å². The van der Waals surface area contributed by atoms with Crippen LogP contribution < -0.4 is 0 Å². The zero-order valence-electron chi connectivity index (χ0n) is 10.4. The van der Waals surface area contributed by atoms with Crippen molar-refractivity contribution in [3.63, 3.8) is 0 Å². The minimum atomic E-state index is 0.185. The van der Waals surface area contributed by atoms with E-state index < -0.39 is 0 Å². The zero-order chi connectivity index (χ0) is 12.1. The molecule has 1 aliphatic rings. The van der Waals surface area contributed by atoms with Crippen LogP contribution in [-0.2, 0) is 6.42 Å². The van der Waals surface area contributed by atoms with Crippen LogP contribution in [0.15, 0.2) is 30.3 Å².